The molecule has 0 aliphatic carbocycles. The molecule has 1 N–H and O–H groups in total. The zero-order chi connectivity index (χ0) is 16.4. The van der Waals surface area contributed by atoms with Crippen LogP contribution in [0.25, 0.3) is 10.9 Å². The molecule has 0 spiro atoms. The van der Waals surface area contributed by atoms with Crippen LogP contribution in [-0.4, -0.2) is 26.5 Å². The first-order valence-corrected chi connectivity index (χ1v) is 7.67. The fourth-order valence-electron chi connectivity index (χ4n) is 2.68. The van der Waals surface area contributed by atoms with Gasteiger partial charge in [-0.15, -0.1) is 0 Å². The molecule has 0 saturated heterocycles. The molecule has 1 aromatic carbocycles. The summed E-state index contributed by atoms with van der Waals surface area (Å²) >= 11 is 0. The van der Waals surface area contributed by atoms with Crippen molar-refractivity contribution in [3.05, 3.63) is 59.8 Å². The number of aromatic nitrogens is 3. The third-order valence-electron chi connectivity index (χ3n) is 3.83. The third-order valence-corrected chi connectivity index (χ3v) is 3.83. The minimum Gasteiger partial charge on any atom is -0.348 e. The molecule has 1 amide bonds. The van der Waals surface area contributed by atoms with E-state index in [0.29, 0.717) is 12.1 Å². The number of carbonyl (C=O) groups is 1. The molecule has 3 aromatic rings. The van der Waals surface area contributed by atoms with Gasteiger partial charge in [-0.1, -0.05) is 11.6 Å². The molecule has 5 heteroatoms. The summed E-state index contributed by atoms with van der Waals surface area (Å²) in [6.45, 7) is 6.57. The summed E-state index contributed by atoms with van der Waals surface area (Å²) in [5.74, 6) is -0.0916. The Labute approximate surface area is 135 Å². The fourth-order valence-corrected chi connectivity index (χ4v) is 2.68. The number of hydrogen-bond acceptors (Lipinski definition) is 3. The third kappa shape index (κ3) is 3.39. The van der Waals surface area contributed by atoms with Crippen molar-refractivity contribution >= 4 is 16.8 Å². The lowest BCUT2D eigenvalue weighted by molar-refractivity contribution is 0.0936. The van der Waals surface area contributed by atoms with Crippen LogP contribution in [0.5, 0.6) is 0 Å². The molecule has 0 fully saturated rings. The highest BCUT2D eigenvalue weighted by molar-refractivity contribution is 5.98. The van der Waals surface area contributed by atoms with Gasteiger partial charge in [0, 0.05) is 30.4 Å². The Morgan fingerprint density at radius 3 is 2.87 bits per heavy atom. The van der Waals surface area contributed by atoms with Gasteiger partial charge in [0.1, 0.15) is 0 Å². The zero-order valence-electron chi connectivity index (χ0n) is 13.6. The van der Waals surface area contributed by atoms with Gasteiger partial charge in [-0.05, 0) is 39.0 Å². The number of pyridine rings is 1. The Bertz CT molecular complexity index is 840. The molecule has 1 atom stereocenters. The van der Waals surface area contributed by atoms with Crippen molar-refractivity contribution in [3.63, 3.8) is 0 Å². The normalized spacial score (nSPS) is 12.3. The molecule has 118 valence electrons. The summed E-state index contributed by atoms with van der Waals surface area (Å²) in [6, 6.07) is 7.99. The van der Waals surface area contributed by atoms with Crippen molar-refractivity contribution in [1.29, 1.82) is 0 Å². The number of aryl methyl sites for hydroxylation is 2. The summed E-state index contributed by atoms with van der Waals surface area (Å²) < 4.78 is 1.94. The molecule has 0 bridgehead atoms. The molecule has 3 rings (SSSR count). The summed E-state index contributed by atoms with van der Waals surface area (Å²) in [7, 11) is 0. The summed E-state index contributed by atoms with van der Waals surface area (Å²) in [6.07, 6.45) is 5.36. The van der Waals surface area contributed by atoms with E-state index >= 15 is 0 Å². The fraction of sp³-hybridized carbons (Fsp3) is 0.278. The number of carbonyl (C=O) groups excluding carboxylic acids is 1. The van der Waals surface area contributed by atoms with E-state index in [0.717, 1.165) is 22.2 Å². The second kappa shape index (κ2) is 6.20. The molecular formula is C18H20N4O. The van der Waals surface area contributed by atoms with Crippen molar-refractivity contribution in [2.75, 3.05) is 0 Å². The second-order valence-electron chi connectivity index (χ2n) is 5.95. The van der Waals surface area contributed by atoms with Crippen LogP contribution in [0.4, 0.5) is 0 Å². The van der Waals surface area contributed by atoms with Crippen molar-refractivity contribution in [1.82, 2.24) is 19.9 Å². The van der Waals surface area contributed by atoms with Crippen LogP contribution in [-0.2, 0) is 6.54 Å². The van der Waals surface area contributed by atoms with E-state index in [-0.39, 0.29) is 11.9 Å². The van der Waals surface area contributed by atoms with Crippen LogP contribution in [0, 0.1) is 13.8 Å². The van der Waals surface area contributed by atoms with Crippen LogP contribution >= 0.6 is 0 Å². The highest BCUT2D eigenvalue weighted by Crippen LogP contribution is 2.18. The molecule has 0 saturated carbocycles. The van der Waals surface area contributed by atoms with E-state index < -0.39 is 0 Å². The van der Waals surface area contributed by atoms with E-state index in [9.17, 15) is 4.79 Å². The van der Waals surface area contributed by atoms with E-state index in [1.165, 1.54) is 0 Å². The van der Waals surface area contributed by atoms with Gasteiger partial charge < -0.3 is 9.88 Å². The summed E-state index contributed by atoms with van der Waals surface area (Å²) in [5.41, 5.74) is 3.44. The zero-order valence-corrected chi connectivity index (χ0v) is 13.6. The molecule has 2 heterocycles. The van der Waals surface area contributed by atoms with Crippen LogP contribution in [0.3, 0.4) is 0 Å². The Morgan fingerprint density at radius 2 is 2.13 bits per heavy atom. The Balaban J connectivity index is 1.81. The quantitative estimate of drug-likeness (QED) is 0.806. The molecule has 0 aliphatic rings. The molecule has 2 aromatic heterocycles. The first kappa shape index (κ1) is 15.2. The number of benzene rings is 1. The van der Waals surface area contributed by atoms with Crippen molar-refractivity contribution < 1.29 is 4.79 Å². The van der Waals surface area contributed by atoms with Crippen LogP contribution in [0.1, 0.15) is 28.5 Å². The molecule has 0 aliphatic heterocycles. The van der Waals surface area contributed by atoms with Gasteiger partial charge in [-0.3, -0.25) is 9.78 Å². The maximum Gasteiger partial charge on any atom is 0.253 e. The molecule has 0 unspecified atom stereocenters. The van der Waals surface area contributed by atoms with Gasteiger partial charge in [-0.2, -0.15) is 0 Å². The molecule has 0 radical (unpaired) electrons. The van der Waals surface area contributed by atoms with Gasteiger partial charge in [-0.25, -0.2) is 4.98 Å². The highest BCUT2D eigenvalue weighted by Gasteiger charge is 2.14. The van der Waals surface area contributed by atoms with Crippen LogP contribution in [0.2, 0.25) is 0 Å². The van der Waals surface area contributed by atoms with Gasteiger partial charge in [0.15, 0.2) is 0 Å². The number of nitrogens with zero attached hydrogens (tertiary/aromatic N) is 3. The maximum absolute atomic E-state index is 12.6. The maximum atomic E-state index is 12.6. The highest BCUT2D eigenvalue weighted by atomic mass is 16.1. The van der Waals surface area contributed by atoms with Crippen LogP contribution < -0.4 is 5.32 Å². The number of hydrogen-bond donors (Lipinski definition) is 1. The Morgan fingerprint density at radius 1 is 1.30 bits per heavy atom. The number of fused-ring (bicyclic) bond motifs is 1. The SMILES string of the molecule is Cc1ccc2nc(C)c(C(=O)N[C@H](C)Cn3ccnc3)cc2c1. The predicted molar refractivity (Wildman–Crippen MR) is 90.4 cm³/mol. The number of imidazole rings is 1. The Hall–Kier alpha value is -2.69. The van der Waals surface area contributed by atoms with Crippen molar-refractivity contribution in [2.24, 2.45) is 0 Å². The van der Waals surface area contributed by atoms with E-state index in [1.807, 2.05) is 55.8 Å². The van der Waals surface area contributed by atoms with Gasteiger partial charge in [0.2, 0.25) is 0 Å². The molecular weight excluding hydrogens is 288 g/mol. The largest absolute Gasteiger partial charge is 0.348 e. The van der Waals surface area contributed by atoms with E-state index in [2.05, 4.69) is 15.3 Å². The van der Waals surface area contributed by atoms with Crippen LogP contribution in [0.15, 0.2) is 43.0 Å². The number of amides is 1. The van der Waals surface area contributed by atoms with E-state index in [4.69, 9.17) is 0 Å². The molecule has 23 heavy (non-hydrogen) atoms. The lowest BCUT2D eigenvalue weighted by Gasteiger charge is -2.15. The minimum atomic E-state index is -0.0916. The summed E-state index contributed by atoms with van der Waals surface area (Å²) in [5, 5.41) is 4.02. The smallest absolute Gasteiger partial charge is 0.253 e. The second-order valence-corrected chi connectivity index (χ2v) is 5.95. The number of rotatable bonds is 4. The number of nitrogens with one attached hydrogen (secondary N) is 1. The Kier molecular flexibility index (Phi) is 4.10. The average Bonchev–Trinajstić information content (AvgIpc) is 2.99. The first-order valence-electron chi connectivity index (χ1n) is 7.67. The standard InChI is InChI=1S/C18H20N4O/c1-12-4-5-17-15(8-12)9-16(14(3)21-17)18(23)20-13(2)10-22-7-6-19-11-22/h4-9,11,13H,10H2,1-3H3,(H,20,23)/t13-/m1/s1. The minimum absolute atomic E-state index is 0.00399. The molecule has 5 nitrogen and oxygen atoms in total. The van der Waals surface area contributed by atoms with Gasteiger partial charge >= 0.3 is 0 Å². The predicted octanol–water partition coefficient (Wildman–Crippen LogP) is 2.87. The first-order chi connectivity index (χ1) is 11.0. The summed E-state index contributed by atoms with van der Waals surface area (Å²) in [4.78, 5) is 21.1. The van der Waals surface area contributed by atoms with Crippen molar-refractivity contribution in [2.45, 2.75) is 33.4 Å². The van der Waals surface area contributed by atoms with E-state index in [1.54, 1.807) is 12.5 Å². The topological polar surface area (TPSA) is 59.8 Å². The van der Waals surface area contributed by atoms with Gasteiger partial charge in [0.05, 0.1) is 23.1 Å². The van der Waals surface area contributed by atoms with Gasteiger partial charge in [0.25, 0.3) is 5.91 Å². The average molecular weight is 308 g/mol. The lowest BCUT2D eigenvalue weighted by atomic mass is 10.1. The lowest BCUT2D eigenvalue weighted by Crippen LogP contribution is -2.35. The monoisotopic (exact) mass is 308 g/mol. The van der Waals surface area contributed by atoms with Crippen molar-refractivity contribution in [3.8, 4) is 0 Å².